The second kappa shape index (κ2) is 8.04. The minimum absolute atomic E-state index is 0.301. The summed E-state index contributed by atoms with van der Waals surface area (Å²) in [6.07, 6.45) is 1.17. The van der Waals surface area contributed by atoms with E-state index >= 15 is 0 Å². The van der Waals surface area contributed by atoms with Crippen LogP contribution in [-0.2, 0) is 0 Å². The average molecular weight is 229 g/mol. The molecule has 0 heterocycles. The molecular formula is C13H31N3. The highest BCUT2D eigenvalue weighted by Gasteiger charge is 2.18. The summed E-state index contributed by atoms with van der Waals surface area (Å²) in [5.41, 5.74) is 6.22. The van der Waals surface area contributed by atoms with E-state index in [1.807, 2.05) is 0 Å². The Morgan fingerprint density at radius 2 is 1.62 bits per heavy atom. The Hall–Kier alpha value is -0.120. The van der Waals surface area contributed by atoms with E-state index in [1.165, 1.54) is 6.42 Å². The minimum atomic E-state index is 0.301. The van der Waals surface area contributed by atoms with E-state index in [0.29, 0.717) is 18.0 Å². The van der Waals surface area contributed by atoms with E-state index in [9.17, 15) is 0 Å². The summed E-state index contributed by atoms with van der Waals surface area (Å²) in [7, 11) is 4.25. The second-order valence-electron chi connectivity index (χ2n) is 5.25. The van der Waals surface area contributed by atoms with Crippen LogP contribution in [0.1, 0.15) is 34.1 Å². The monoisotopic (exact) mass is 229 g/mol. The van der Waals surface area contributed by atoms with Crippen molar-refractivity contribution >= 4 is 0 Å². The summed E-state index contributed by atoms with van der Waals surface area (Å²) in [4.78, 5) is 4.72. The van der Waals surface area contributed by atoms with Crippen LogP contribution in [0, 0.1) is 5.92 Å². The lowest BCUT2D eigenvalue weighted by molar-refractivity contribution is 0.160. The van der Waals surface area contributed by atoms with E-state index < -0.39 is 0 Å². The average Bonchev–Trinajstić information content (AvgIpc) is 2.23. The maximum atomic E-state index is 6.22. The van der Waals surface area contributed by atoms with Crippen molar-refractivity contribution in [1.29, 1.82) is 0 Å². The van der Waals surface area contributed by atoms with Crippen LogP contribution in [0.3, 0.4) is 0 Å². The molecule has 0 amide bonds. The number of rotatable bonds is 8. The highest BCUT2D eigenvalue weighted by Crippen LogP contribution is 2.09. The lowest BCUT2D eigenvalue weighted by atomic mass is 9.99. The van der Waals surface area contributed by atoms with Crippen molar-refractivity contribution in [3.63, 3.8) is 0 Å². The third-order valence-corrected chi connectivity index (χ3v) is 3.48. The third-order valence-electron chi connectivity index (χ3n) is 3.48. The van der Waals surface area contributed by atoms with Gasteiger partial charge in [-0.1, -0.05) is 27.2 Å². The summed E-state index contributed by atoms with van der Waals surface area (Å²) >= 11 is 0. The Morgan fingerprint density at radius 1 is 1.06 bits per heavy atom. The summed E-state index contributed by atoms with van der Waals surface area (Å²) in [6, 6.07) is 0.879. The van der Waals surface area contributed by atoms with Gasteiger partial charge in [0.05, 0.1) is 0 Å². The number of likely N-dealkylation sites (N-methyl/N-ethyl adjacent to an activating group) is 2. The zero-order valence-electron chi connectivity index (χ0n) is 12.0. The molecule has 0 spiro atoms. The fourth-order valence-electron chi connectivity index (χ4n) is 2.02. The first kappa shape index (κ1) is 15.9. The molecule has 0 aromatic carbocycles. The molecular weight excluding hydrogens is 198 g/mol. The van der Waals surface area contributed by atoms with Crippen LogP contribution < -0.4 is 5.73 Å². The van der Waals surface area contributed by atoms with Crippen LogP contribution in [0.2, 0.25) is 0 Å². The van der Waals surface area contributed by atoms with Crippen molar-refractivity contribution < 1.29 is 0 Å². The maximum absolute atomic E-state index is 6.22. The van der Waals surface area contributed by atoms with E-state index in [1.54, 1.807) is 0 Å². The van der Waals surface area contributed by atoms with Gasteiger partial charge in [-0.05, 0) is 33.5 Å². The standard InChI is InChI=1S/C13H31N3/c1-7-11(3)13(14)10-16(8-2)12(4)9-15(5)6/h11-13H,7-10,14H2,1-6H3. The number of nitrogens with two attached hydrogens (primary N) is 1. The molecule has 0 aromatic rings. The molecule has 0 aliphatic rings. The van der Waals surface area contributed by atoms with Crippen LogP contribution in [0.5, 0.6) is 0 Å². The first-order valence-corrected chi connectivity index (χ1v) is 6.56. The lowest BCUT2D eigenvalue weighted by Crippen LogP contribution is -2.47. The summed E-state index contributed by atoms with van der Waals surface area (Å²) < 4.78 is 0. The lowest BCUT2D eigenvalue weighted by Gasteiger charge is -2.33. The van der Waals surface area contributed by atoms with Gasteiger partial charge in [0.1, 0.15) is 0 Å². The Bertz CT molecular complexity index is 171. The number of hydrogen-bond acceptors (Lipinski definition) is 3. The topological polar surface area (TPSA) is 32.5 Å². The third kappa shape index (κ3) is 5.83. The molecule has 0 rings (SSSR count). The molecule has 3 unspecified atom stereocenters. The summed E-state index contributed by atoms with van der Waals surface area (Å²) in [5.74, 6) is 0.612. The molecule has 0 bridgehead atoms. The molecule has 0 aromatic heterocycles. The van der Waals surface area contributed by atoms with Crippen molar-refractivity contribution in [1.82, 2.24) is 9.80 Å². The zero-order chi connectivity index (χ0) is 12.7. The van der Waals surface area contributed by atoms with Gasteiger partial charge in [0.2, 0.25) is 0 Å². The van der Waals surface area contributed by atoms with Crippen LogP contribution in [0.25, 0.3) is 0 Å². The Kier molecular flexibility index (Phi) is 7.98. The van der Waals surface area contributed by atoms with Gasteiger partial charge in [-0.2, -0.15) is 0 Å². The van der Waals surface area contributed by atoms with Gasteiger partial charge < -0.3 is 10.6 Å². The van der Waals surface area contributed by atoms with Crippen molar-refractivity contribution in [3.05, 3.63) is 0 Å². The molecule has 98 valence electrons. The Labute approximate surface area is 102 Å². The highest BCUT2D eigenvalue weighted by atomic mass is 15.2. The normalized spacial score (nSPS) is 17.8. The first-order chi connectivity index (χ1) is 7.42. The highest BCUT2D eigenvalue weighted by molar-refractivity contribution is 4.76. The molecule has 0 fully saturated rings. The van der Waals surface area contributed by atoms with Crippen molar-refractivity contribution in [2.45, 2.75) is 46.2 Å². The van der Waals surface area contributed by atoms with Gasteiger partial charge in [0, 0.05) is 25.2 Å². The second-order valence-corrected chi connectivity index (χ2v) is 5.25. The molecule has 0 radical (unpaired) electrons. The molecule has 0 aliphatic heterocycles. The van der Waals surface area contributed by atoms with E-state index in [-0.39, 0.29) is 0 Å². The SMILES string of the molecule is CCC(C)C(N)CN(CC)C(C)CN(C)C. The fourth-order valence-corrected chi connectivity index (χ4v) is 2.02. The van der Waals surface area contributed by atoms with Crippen LogP contribution >= 0.6 is 0 Å². The van der Waals surface area contributed by atoms with E-state index in [2.05, 4.69) is 51.6 Å². The molecule has 0 aliphatic carbocycles. The maximum Gasteiger partial charge on any atom is 0.0195 e. The smallest absolute Gasteiger partial charge is 0.0195 e. The molecule has 3 nitrogen and oxygen atoms in total. The van der Waals surface area contributed by atoms with Gasteiger partial charge in [0.15, 0.2) is 0 Å². The number of nitrogens with zero attached hydrogens (tertiary/aromatic N) is 2. The van der Waals surface area contributed by atoms with E-state index in [0.717, 1.165) is 19.6 Å². The first-order valence-electron chi connectivity index (χ1n) is 6.56. The zero-order valence-corrected chi connectivity index (χ0v) is 12.0. The van der Waals surface area contributed by atoms with Crippen molar-refractivity contribution in [2.24, 2.45) is 11.7 Å². The Balaban J connectivity index is 4.17. The quantitative estimate of drug-likeness (QED) is 0.687. The molecule has 3 heteroatoms. The minimum Gasteiger partial charge on any atom is -0.326 e. The molecule has 2 N–H and O–H groups in total. The molecule has 3 atom stereocenters. The van der Waals surface area contributed by atoms with Crippen molar-refractivity contribution in [2.75, 3.05) is 33.7 Å². The Morgan fingerprint density at radius 3 is 2.00 bits per heavy atom. The van der Waals surface area contributed by atoms with Crippen molar-refractivity contribution in [3.8, 4) is 0 Å². The largest absolute Gasteiger partial charge is 0.326 e. The van der Waals surface area contributed by atoms with Gasteiger partial charge in [-0.15, -0.1) is 0 Å². The van der Waals surface area contributed by atoms with Crippen LogP contribution in [0.4, 0.5) is 0 Å². The van der Waals surface area contributed by atoms with Gasteiger partial charge in [-0.3, -0.25) is 4.90 Å². The summed E-state index contributed by atoms with van der Waals surface area (Å²) in [6.45, 7) is 12.2. The fraction of sp³-hybridized carbons (Fsp3) is 1.00. The van der Waals surface area contributed by atoms with Gasteiger partial charge in [-0.25, -0.2) is 0 Å². The predicted octanol–water partition coefficient (Wildman–Crippen LogP) is 1.63. The molecule has 0 saturated carbocycles. The molecule has 16 heavy (non-hydrogen) atoms. The van der Waals surface area contributed by atoms with Gasteiger partial charge in [0.25, 0.3) is 0 Å². The van der Waals surface area contributed by atoms with Gasteiger partial charge >= 0.3 is 0 Å². The predicted molar refractivity (Wildman–Crippen MR) is 72.7 cm³/mol. The van der Waals surface area contributed by atoms with Crippen LogP contribution in [-0.4, -0.2) is 55.6 Å². The molecule has 0 saturated heterocycles. The van der Waals surface area contributed by atoms with Crippen LogP contribution in [0.15, 0.2) is 0 Å². The number of hydrogen-bond donors (Lipinski definition) is 1. The van der Waals surface area contributed by atoms with E-state index in [4.69, 9.17) is 5.73 Å². The summed E-state index contributed by atoms with van der Waals surface area (Å²) in [5, 5.41) is 0.